The van der Waals surface area contributed by atoms with E-state index in [1.807, 2.05) is 38.1 Å². The Hall–Kier alpha value is -3.18. The lowest BCUT2D eigenvalue weighted by Gasteiger charge is -2.42. The Morgan fingerprint density at radius 1 is 0.774 bits per heavy atom. The van der Waals surface area contributed by atoms with Crippen LogP contribution in [0.5, 0.6) is 11.5 Å². The minimum absolute atomic E-state index is 0.402. The third kappa shape index (κ3) is 5.12. The van der Waals surface area contributed by atoms with Crippen molar-refractivity contribution in [1.82, 2.24) is 0 Å². The summed E-state index contributed by atoms with van der Waals surface area (Å²) >= 11 is 0. The van der Waals surface area contributed by atoms with Crippen LogP contribution in [0.1, 0.15) is 51.7 Å². The van der Waals surface area contributed by atoms with Gasteiger partial charge in [0.1, 0.15) is 22.7 Å². The first-order valence-electron chi connectivity index (χ1n) is 10.3. The van der Waals surface area contributed by atoms with Crippen molar-refractivity contribution in [2.24, 2.45) is 0 Å². The van der Waals surface area contributed by atoms with Crippen LogP contribution in [-0.4, -0.2) is 11.9 Å². The fraction of sp³-hybridized carbons (Fsp3) is 0.308. The van der Waals surface area contributed by atoms with Crippen molar-refractivity contribution >= 4 is 11.9 Å². The maximum Gasteiger partial charge on any atom is 0.308 e. The van der Waals surface area contributed by atoms with Crippen LogP contribution in [0.25, 0.3) is 0 Å². The molecule has 2 aromatic rings. The molecule has 0 N–H and O–H groups in total. The highest BCUT2D eigenvalue weighted by atomic mass is 16.6. The van der Waals surface area contributed by atoms with Gasteiger partial charge >= 0.3 is 11.9 Å². The van der Waals surface area contributed by atoms with E-state index >= 15 is 0 Å². The number of esters is 2. The quantitative estimate of drug-likeness (QED) is 0.274. The molecular formula is C26H30O5. The van der Waals surface area contributed by atoms with Gasteiger partial charge in [0.05, 0.1) is 0 Å². The predicted octanol–water partition coefficient (Wildman–Crippen LogP) is 5.84. The molecule has 2 atom stereocenters. The highest BCUT2D eigenvalue weighted by Crippen LogP contribution is 2.46. The first-order chi connectivity index (χ1) is 14.8. The fourth-order valence-electron chi connectivity index (χ4n) is 3.67. The smallest absolute Gasteiger partial charge is 0.308 e. The average molecular weight is 423 g/mol. The van der Waals surface area contributed by atoms with Gasteiger partial charge in [-0.05, 0) is 25.0 Å². The molecule has 0 amide bonds. The van der Waals surface area contributed by atoms with Gasteiger partial charge < -0.3 is 14.2 Å². The van der Waals surface area contributed by atoms with Crippen LogP contribution in [0.4, 0.5) is 0 Å². The molecule has 164 valence electrons. The van der Waals surface area contributed by atoms with E-state index < -0.39 is 23.1 Å². The standard InChI is InChI=1S/C26H30O5/c1-7-25(8-2,21-15-11-13-17-23(21)29-19(5)27)31-26(9-3,10-4)22-16-12-14-18-24(22)30-20(6)28/h7,9,11-18H,1,3,8,10H2,2,4-6H3. The minimum Gasteiger partial charge on any atom is -0.426 e. The summed E-state index contributed by atoms with van der Waals surface area (Å²) < 4.78 is 17.7. The highest BCUT2D eigenvalue weighted by molar-refractivity contribution is 5.70. The van der Waals surface area contributed by atoms with Gasteiger partial charge in [-0.2, -0.15) is 0 Å². The molecule has 2 rings (SSSR count). The molecule has 0 aromatic heterocycles. The molecule has 5 nitrogen and oxygen atoms in total. The number of rotatable bonds is 10. The molecule has 31 heavy (non-hydrogen) atoms. The number of carbonyl (C=O) groups excluding carboxylic acids is 2. The summed E-state index contributed by atoms with van der Waals surface area (Å²) in [7, 11) is 0. The number of para-hydroxylation sites is 2. The third-order valence-corrected chi connectivity index (χ3v) is 5.27. The van der Waals surface area contributed by atoms with Crippen molar-refractivity contribution in [3.63, 3.8) is 0 Å². The van der Waals surface area contributed by atoms with Gasteiger partial charge in [0.15, 0.2) is 0 Å². The molecule has 0 saturated heterocycles. The van der Waals surface area contributed by atoms with Crippen molar-refractivity contribution < 1.29 is 23.8 Å². The van der Waals surface area contributed by atoms with E-state index in [9.17, 15) is 9.59 Å². The van der Waals surface area contributed by atoms with E-state index in [1.165, 1.54) is 13.8 Å². The van der Waals surface area contributed by atoms with Gasteiger partial charge in [-0.1, -0.05) is 75.6 Å². The molecule has 2 aromatic carbocycles. The zero-order valence-electron chi connectivity index (χ0n) is 18.6. The maximum atomic E-state index is 11.7. The van der Waals surface area contributed by atoms with Crippen molar-refractivity contribution in [1.29, 1.82) is 0 Å². The number of benzene rings is 2. The molecule has 0 spiro atoms. The lowest BCUT2D eigenvalue weighted by molar-refractivity contribution is -0.134. The Morgan fingerprint density at radius 3 is 1.42 bits per heavy atom. The SMILES string of the molecule is C=CC(CC)(OC(C=C)(CC)c1ccccc1OC(C)=O)c1ccccc1OC(C)=O. The van der Waals surface area contributed by atoms with E-state index in [-0.39, 0.29) is 0 Å². The molecule has 0 bridgehead atoms. The first kappa shape index (κ1) is 24.1. The second-order valence-electron chi connectivity index (χ2n) is 7.18. The van der Waals surface area contributed by atoms with Crippen LogP contribution in [0.15, 0.2) is 73.8 Å². The van der Waals surface area contributed by atoms with Crippen LogP contribution in [-0.2, 0) is 25.5 Å². The summed E-state index contributed by atoms with van der Waals surface area (Å²) in [6.45, 7) is 14.7. The Bertz CT molecular complexity index is 886. The minimum atomic E-state index is -1.00. The lowest BCUT2D eigenvalue weighted by atomic mass is 9.85. The number of ether oxygens (including phenoxy) is 3. The Morgan fingerprint density at radius 2 is 1.13 bits per heavy atom. The van der Waals surface area contributed by atoms with Crippen LogP contribution >= 0.6 is 0 Å². The van der Waals surface area contributed by atoms with E-state index in [2.05, 4.69) is 13.2 Å². The monoisotopic (exact) mass is 422 g/mol. The van der Waals surface area contributed by atoms with Crippen LogP contribution in [0.2, 0.25) is 0 Å². The molecule has 0 radical (unpaired) electrons. The summed E-state index contributed by atoms with van der Waals surface area (Å²) in [5, 5.41) is 0. The van der Waals surface area contributed by atoms with E-state index in [0.717, 1.165) is 0 Å². The van der Waals surface area contributed by atoms with Gasteiger partial charge in [-0.15, -0.1) is 0 Å². The van der Waals surface area contributed by atoms with Gasteiger partial charge in [-0.3, -0.25) is 9.59 Å². The third-order valence-electron chi connectivity index (χ3n) is 5.27. The van der Waals surface area contributed by atoms with Gasteiger partial charge in [-0.25, -0.2) is 0 Å². The van der Waals surface area contributed by atoms with Crippen molar-refractivity contribution in [3.05, 3.63) is 85.0 Å². The van der Waals surface area contributed by atoms with Crippen LogP contribution in [0, 0.1) is 0 Å². The van der Waals surface area contributed by atoms with E-state index in [1.54, 1.807) is 36.4 Å². The Balaban J connectivity index is 2.69. The zero-order chi connectivity index (χ0) is 23.1. The maximum absolute atomic E-state index is 11.7. The molecule has 0 fully saturated rings. The highest BCUT2D eigenvalue weighted by Gasteiger charge is 2.42. The predicted molar refractivity (Wildman–Crippen MR) is 121 cm³/mol. The van der Waals surface area contributed by atoms with E-state index in [0.29, 0.717) is 35.5 Å². The molecule has 0 saturated carbocycles. The molecule has 5 heteroatoms. The molecule has 0 aliphatic heterocycles. The zero-order valence-corrected chi connectivity index (χ0v) is 18.6. The lowest BCUT2D eigenvalue weighted by Crippen LogP contribution is -2.39. The van der Waals surface area contributed by atoms with Crippen LogP contribution < -0.4 is 9.47 Å². The van der Waals surface area contributed by atoms with Crippen molar-refractivity contribution in [3.8, 4) is 11.5 Å². The Kier molecular flexibility index (Phi) is 7.95. The summed E-state index contributed by atoms with van der Waals surface area (Å²) in [5.74, 6) is -0.0439. The molecule has 0 aliphatic rings. The second kappa shape index (κ2) is 10.2. The van der Waals surface area contributed by atoms with Gasteiger partial charge in [0.2, 0.25) is 0 Å². The number of hydrogen-bond acceptors (Lipinski definition) is 5. The normalized spacial score (nSPS) is 14.6. The van der Waals surface area contributed by atoms with Gasteiger partial charge in [0.25, 0.3) is 0 Å². The van der Waals surface area contributed by atoms with E-state index in [4.69, 9.17) is 14.2 Å². The largest absolute Gasteiger partial charge is 0.426 e. The summed E-state index contributed by atoms with van der Waals surface area (Å²) in [4.78, 5) is 23.4. The molecule has 0 heterocycles. The molecular weight excluding hydrogens is 392 g/mol. The number of carbonyl (C=O) groups is 2. The first-order valence-corrected chi connectivity index (χ1v) is 10.3. The number of hydrogen-bond donors (Lipinski definition) is 0. The summed E-state index contributed by atoms with van der Waals surface area (Å²) in [5.41, 5.74) is -0.654. The average Bonchev–Trinajstić information content (AvgIpc) is 2.76. The summed E-state index contributed by atoms with van der Waals surface area (Å²) in [6, 6.07) is 14.5. The molecule has 2 unspecified atom stereocenters. The topological polar surface area (TPSA) is 61.8 Å². The molecule has 0 aliphatic carbocycles. The fourth-order valence-corrected chi connectivity index (χ4v) is 3.67. The second-order valence-corrected chi connectivity index (χ2v) is 7.18. The van der Waals surface area contributed by atoms with Gasteiger partial charge in [0, 0.05) is 25.0 Å². The summed E-state index contributed by atoms with van der Waals surface area (Å²) in [6.07, 6.45) is 4.44. The van der Waals surface area contributed by atoms with Crippen molar-refractivity contribution in [2.75, 3.05) is 0 Å². The van der Waals surface area contributed by atoms with Crippen molar-refractivity contribution in [2.45, 2.75) is 51.7 Å². The Labute approximate surface area is 184 Å². The van der Waals surface area contributed by atoms with Crippen LogP contribution in [0.3, 0.4) is 0 Å².